The molecule has 16 heteroatoms. The van der Waals surface area contributed by atoms with E-state index in [1.807, 2.05) is 0 Å². The van der Waals surface area contributed by atoms with Crippen LogP contribution in [0.1, 0.15) is 38.4 Å². The van der Waals surface area contributed by atoms with E-state index in [1.165, 1.54) is 33.1 Å². The summed E-state index contributed by atoms with van der Waals surface area (Å²) < 4.78 is 5.64. The molecule has 2 aromatic rings. The number of carbonyl (C=O) groups excluding carboxylic acids is 2. The quantitative estimate of drug-likeness (QED) is 0.157. The summed E-state index contributed by atoms with van der Waals surface area (Å²) in [6.07, 6.45) is 5.38. The van der Waals surface area contributed by atoms with Gasteiger partial charge < -0.3 is 16.2 Å². The zero-order chi connectivity index (χ0) is 25.8. The molecular weight excluding hydrogens is 526 g/mol. The number of anilines is 1. The average Bonchev–Trinajstić information content (AvgIpc) is 3.47. The number of allylic oxidation sites excluding steroid dienone is 1. The third-order valence-electron chi connectivity index (χ3n) is 5.58. The normalized spacial score (nSPS) is 19.8. The van der Waals surface area contributed by atoms with E-state index in [9.17, 15) is 19.5 Å². The number of rotatable bonds is 11. The second-order valence-electron chi connectivity index (χ2n) is 8.06. The van der Waals surface area contributed by atoms with Crippen molar-refractivity contribution >= 4 is 63.5 Å². The van der Waals surface area contributed by atoms with E-state index in [0.717, 1.165) is 30.8 Å². The number of hydrogen-bond donors (Lipinski definition) is 3. The van der Waals surface area contributed by atoms with Crippen LogP contribution in [0.3, 0.4) is 0 Å². The minimum atomic E-state index is -1.19. The lowest BCUT2D eigenvalue weighted by Gasteiger charge is -2.49. The Kier molecular flexibility index (Phi) is 8.25. The number of carbonyl (C=O) groups is 3. The number of nitrogen functional groups attached to an aromatic ring is 1. The largest absolute Gasteiger partial charge is 0.477 e. The molecule has 1 saturated heterocycles. The van der Waals surface area contributed by atoms with Gasteiger partial charge in [0.2, 0.25) is 5.16 Å². The van der Waals surface area contributed by atoms with E-state index in [2.05, 4.69) is 37.1 Å². The average molecular weight is 552 g/mol. The molecule has 13 nitrogen and oxygen atoms in total. The molecule has 2 aliphatic heterocycles. The van der Waals surface area contributed by atoms with Gasteiger partial charge in [-0.1, -0.05) is 37.6 Å². The number of aromatic nitrogens is 6. The van der Waals surface area contributed by atoms with Crippen LogP contribution in [0.2, 0.25) is 0 Å². The number of aliphatic carboxylic acids is 1. The van der Waals surface area contributed by atoms with Crippen LogP contribution in [0.25, 0.3) is 5.57 Å². The molecule has 4 N–H and O–H groups in total. The number of amides is 2. The van der Waals surface area contributed by atoms with Gasteiger partial charge in [-0.25, -0.2) is 9.48 Å². The summed E-state index contributed by atoms with van der Waals surface area (Å²) in [6.45, 7) is 2.09. The standard InChI is InChI=1S/C20H25N9O4S3/c1-3-4-5-6-7-11(14-23-19(21)36-25-14)15(30)22-12-16(31)29-13(18(32)33)10(8-34-17(12)29)9-35-20-24-26-27-28(20)2/h7,12,17H,3-6,8-9H2,1-2H3,(H,22,30)(H,32,33)(H2,21,23,25)/b11-7-/t12?,17-/m1/s1. The van der Waals surface area contributed by atoms with Crippen LogP contribution in [0.5, 0.6) is 0 Å². The Balaban J connectivity index is 1.48. The lowest BCUT2D eigenvalue weighted by Crippen LogP contribution is -2.70. The Labute approximate surface area is 219 Å². The highest BCUT2D eigenvalue weighted by Crippen LogP contribution is 2.41. The lowest BCUT2D eigenvalue weighted by molar-refractivity contribution is -0.150. The first-order valence-electron chi connectivity index (χ1n) is 11.2. The summed E-state index contributed by atoms with van der Waals surface area (Å²) in [4.78, 5) is 43.6. The monoisotopic (exact) mass is 551 g/mol. The lowest BCUT2D eigenvalue weighted by atomic mass is 10.0. The van der Waals surface area contributed by atoms with Crippen molar-refractivity contribution in [2.45, 2.75) is 49.2 Å². The van der Waals surface area contributed by atoms with Crippen LogP contribution in [0, 0.1) is 0 Å². The van der Waals surface area contributed by atoms with Gasteiger partial charge >= 0.3 is 5.97 Å². The van der Waals surface area contributed by atoms with Crippen LogP contribution < -0.4 is 11.1 Å². The smallest absolute Gasteiger partial charge is 0.352 e. The predicted octanol–water partition coefficient (Wildman–Crippen LogP) is 1.14. The Morgan fingerprint density at radius 1 is 1.36 bits per heavy atom. The molecule has 4 heterocycles. The van der Waals surface area contributed by atoms with Crippen LogP contribution in [0.4, 0.5) is 5.13 Å². The number of β-lactam (4-membered cyclic amide) rings is 1. The van der Waals surface area contributed by atoms with Crippen LogP contribution in [-0.4, -0.2) is 80.3 Å². The van der Waals surface area contributed by atoms with Crippen LogP contribution in [0.15, 0.2) is 22.5 Å². The van der Waals surface area contributed by atoms with Crippen molar-refractivity contribution in [1.29, 1.82) is 0 Å². The van der Waals surface area contributed by atoms with Gasteiger partial charge in [-0.15, -0.1) is 16.9 Å². The zero-order valence-electron chi connectivity index (χ0n) is 19.6. The molecule has 1 fully saturated rings. The Hall–Kier alpha value is -2.98. The number of aryl methyl sites for hydroxylation is 1. The van der Waals surface area contributed by atoms with Crippen molar-refractivity contribution in [1.82, 2.24) is 39.8 Å². The molecule has 0 saturated carbocycles. The molecule has 0 bridgehead atoms. The van der Waals surface area contributed by atoms with E-state index in [-0.39, 0.29) is 22.2 Å². The molecule has 192 valence electrons. The number of nitrogens with one attached hydrogen (secondary N) is 1. The number of carboxylic acids is 1. The maximum atomic E-state index is 13.2. The number of hydrogen-bond acceptors (Lipinski definition) is 12. The molecule has 0 aromatic carbocycles. The molecule has 2 atom stereocenters. The van der Waals surface area contributed by atoms with Gasteiger partial charge in [-0.2, -0.15) is 9.36 Å². The fourth-order valence-corrected chi connectivity index (χ4v) is 6.56. The summed E-state index contributed by atoms with van der Waals surface area (Å²) in [7, 11) is 1.69. The van der Waals surface area contributed by atoms with Crippen molar-refractivity contribution in [3.8, 4) is 0 Å². The SMILES string of the molecule is CCCCC/C=C(\C(=O)NC1C(=O)N2C(C(=O)O)=C(CSc3nnnn3C)CS[C@H]12)c1nsc(N)n1. The van der Waals surface area contributed by atoms with Gasteiger partial charge in [0, 0.05) is 30.1 Å². The van der Waals surface area contributed by atoms with Gasteiger partial charge in [-0.3, -0.25) is 14.5 Å². The summed E-state index contributed by atoms with van der Waals surface area (Å²) in [5.74, 6) is -1.22. The third kappa shape index (κ3) is 5.39. The van der Waals surface area contributed by atoms with Crippen molar-refractivity contribution in [2.75, 3.05) is 17.2 Å². The number of thioether (sulfide) groups is 2. The first-order valence-corrected chi connectivity index (χ1v) is 14.0. The number of tetrazole rings is 1. The van der Waals surface area contributed by atoms with Crippen molar-refractivity contribution in [3.63, 3.8) is 0 Å². The Morgan fingerprint density at radius 3 is 2.81 bits per heavy atom. The Bertz CT molecular complexity index is 1220. The van der Waals surface area contributed by atoms with Gasteiger partial charge in [0.1, 0.15) is 17.1 Å². The molecule has 1 unspecified atom stereocenters. The number of unbranched alkanes of at least 4 members (excludes halogenated alkanes) is 3. The molecule has 4 rings (SSSR count). The first kappa shape index (κ1) is 26.1. The minimum absolute atomic E-state index is 0.0545. The van der Waals surface area contributed by atoms with Gasteiger partial charge in [0.25, 0.3) is 11.8 Å². The van der Waals surface area contributed by atoms with E-state index < -0.39 is 29.2 Å². The van der Waals surface area contributed by atoms with Gasteiger partial charge in [0.15, 0.2) is 11.0 Å². The predicted molar refractivity (Wildman–Crippen MR) is 136 cm³/mol. The molecule has 2 amide bonds. The maximum Gasteiger partial charge on any atom is 0.352 e. The summed E-state index contributed by atoms with van der Waals surface area (Å²) >= 11 is 3.68. The van der Waals surface area contributed by atoms with Gasteiger partial charge in [-0.05, 0) is 28.8 Å². The molecule has 36 heavy (non-hydrogen) atoms. The highest BCUT2D eigenvalue weighted by molar-refractivity contribution is 8.01. The summed E-state index contributed by atoms with van der Waals surface area (Å²) in [5, 5.41) is 24.1. The highest BCUT2D eigenvalue weighted by atomic mass is 32.2. The number of carboxylic acid groups (broad SMARTS) is 1. The fourth-order valence-electron chi connectivity index (χ4n) is 3.78. The molecule has 2 aromatic heterocycles. The molecule has 0 spiro atoms. The van der Waals surface area contributed by atoms with Crippen LogP contribution in [-0.2, 0) is 21.4 Å². The number of nitrogens with zero attached hydrogens (tertiary/aromatic N) is 7. The maximum absolute atomic E-state index is 13.2. The fraction of sp³-hybridized carbons (Fsp3) is 0.500. The molecular formula is C20H25N9O4S3. The highest BCUT2D eigenvalue weighted by Gasteiger charge is 2.54. The molecule has 2 aliphatic rings. The first-order chi connectivity index (χ1) is 17.3. The molecule has 0 aliphatic carbocycles. The zero-order valence-corrected chi connectivity index (χ0v) is 22.0. The van der Waals surface area contributed by atoms with E-state index in [1.54, 1.807) is 13.1 Å². The van der Waals surface area contributed by atoms with Crippen molar-refractivity contribution < 1.29 is 19.5 Å². The number of nitrogens with two attached hydrogens (primary N) is 1. The third-order valence-corrected chi connectivity index (χ3v) is 8.56. The van der Waals surface area contributed by atoms with Crippen molar-refractivity contribution in [3.05, 3.63) is 23.2 Å². The van der Waals surface area contributed by atoms with E-state index in [4.69, 9.17) is 5.73 Å². The van der Waals surface area contributed by atoms with Crippen LogP contribution >= 0.6 is 35.1 Å². The van der Waals surface area contributed by atoms with E-state index >= 15 is 0 Å². The summed E-state index contributed by atoms with van der Waals surface area (Å²) in [5.41, 5.74) is 6.50. The van der Waals surface area contributed by atoms with Crippen molar-refractivity contribution in [2.24, 2.45) is 7.05 Å². The number of fused-ring (bicyclic) bond motifs is 1. The molecule has 0 radical (unpaired) electrons. The van der Waals surface area contributed by atoms with E-state index in [0.29, 0.717) is 28.7 Å². The second-order valence-corrected chi connectivity index (χ2v) is 10.9. The topological polar surface area (TPSA) is 182 Å². The Morgan fingerprint density at radius 2 is 2.17 bits per heavy atom. The second kappa shape index (κ2) is 11.4. The van der Waals surface area contributed by atoms with Gasteiger partial charge in [0.05, 0.1) is 5.57 Å². The minimum Gasteiger partial charge on any atom is -0.477 e. The summed E-state index contributed by atoms with van der Waals surface area (Å²) in [6, 6.07) is -0.857.